The second-order valence-corrected chi connectivity index (χ2v) is 9.68. The topological polar surface area (TPSA) is 56.5 Å². The van der Waals surface area contributed by atoms with Gasteiger partial charge in [-0.15, -0.1) is 0 Å². The second kappa shape index (κ2) is 10.0. The van der Waals surface area contributed by atoms with Gasteiger partial charge in [0, 0.05) is 16.0 Å². The fourth-order valence-corrected chi connectivity index (χ4v) is 4.40. The lowest BCUT2D eigenvalue weighted by molar-refractivity contribution is 0.306. The first-order chi connectivity index (χ1) is 17.4. The number of nitrogens with zero attached hydrogens (tertiary/aromatic N) is 3. The Morgan fingerprint density at radius 3 is 2.58 bits per heavy atom. The van der Waals surface area contributed by atoms with Crippen molar-refractivity contribution in [3.63, 3.8) is 0 Å². The van der Waals surface area contributed by atoms with Gasteiger partial charge in [-0.05, 0) is 52.7 Å². The molecule has 0 aliphatic heterocycles. The Balaban J connectivity index is 1.62. The summed E-state index contributed by atoms with van der Waals surface area (Å²) in [5.41, 5.74) is 1.98. The van der Waals surface area contributed by atoms with Gasteiger partial charge in [-0.1, -0.05) is 72.2 Å². The van der Waals surface area contributed by atoms with E-state index in [1.807, 2.05) is 62.4 Å². The van der Waals surface area contributed by atoms with Crippen LogP contribution < -0.4 is 10.3 Å². The van der Waals surface area contributed by atoms with Crippen LogP contribution in [0.15, 0.2) is 93.2 Å². The van der Waals surface area contributed by atoms with E-state index < -0.39 is 0 Å². The summed E-state index contributed by atoms with van der Waals surface area (Å²) in [6.07, 6.45) is 1.65. The van der Waals surface area contributed by atoms with E-state index in [9.17, 15) is 9.18 Å². The third-order valence-corrected chi connectivity index (χ3v) is 6.38. The molecule has 1 aromatic heterocycles. The highest BCUT2D eigenvalue weighted by molar-refractivity contribution is 9.10. The van der Waals surface area contributed by atoms with E-state index in [2.05, 4.69) is 21.0 Å². The Labute approximate surface area is 216 Å². The third-order valence-electron chi connectivity index (χ3n) is 5.89. The predicted octanol–water partition coefficient (Wildman–Crippen LogP) is 7.04. The Kier molecular flexibility index (Phi) is 6.65. The molecule has 0 aliphatic rings. The van der Waals surface area contributed by atoms with Crippen molar-refractivity contribution < 1.29 is 9.13 Å². The molecular weight excluding hydrogens is 521 g/mol. The van der Waals surface area contributed by atoms with E-state index in [1.165, 1.54) is 16.8 Å². The summed E-state index contributed by atoms with van der Waals surface area (Å²) in [6, 6.07) is 23.4. The first-order valence-corrected chi connectivity index (χ1v) is 12.4. The molecular formula is C29H23BrFN3O2. The number of hydrogen-bond acceptors (Lipinski definition) is 4. The molecule has 0 unspecified atom stereocenters. The number of hydrogen-bond donors (Lipinski definition) is 0. The van der Waals surface area contributed by atoms with Crippen LogP contribution in [0.5, 0.6) is 5.75 Å². The minimum Gasteiger partial charge on any atom is -0.488 e. The van der Waals surface area contributed by atoms with Gasteiger partial charge in [-0.25, -0.2) is 9.37 Å². The minimum absolute atomic E-state index is 0.0235. The zero-order valence-electron chi connectivity index (χ0n) is 19.8. The SMILES string of the molecule is CC(C)c1nc2ccc(Br)cc2c(=O)n1N=Cc1c(OCc2ccc(F)cc2)ccc2ccccc12. The van der Waals surface area contributed by atoms with Crippen LogP contribution >= 0.6 is 15.9 Å². The van der Waals surface area contributed by atoms with Gasteiger partial charge >= 0.3 is 0 Å². The van der Waals surface area contributed by atoms with Crippen LogP contribution in [0, 0.1) is 5.82 Å². The summed E-state index contributed by atoms with van der Waals surface area (Å²) in [5, 5.41) is 7.07. The Morgan fingerprint density at radius 2 is 1.81 bits per heavy atom. The third kappa shape index (κ3) is 4.79. The molecule has 0 amide bonds. The molecule has 36 heavy (non-hydrogen) atoms. The highest BCUT2D eigenvalue weighted by Gasteiger charge is 2.15. The smallest absolute Gasteiger partial charge is 0.282 e. The van der Waals surface area contributed by atoms with Gasteiger partial charge < -0.3 is 4.74 Å². The zero-order chi connectivity index (χ0) is 25.2. The van der Waals surface area contributed by atoms with Crippen molar-refractivity contribution in [1.29, 1.82) is 0 Å². The molecule has 5 rings (SSSR count). The van der Waals surface area contributed by atoms with Crippen LogP contribution in [0.25, 0.3) is 21.7 Å². The molecule has 0 spiro atoms. The van der Waals surface area contributed by atoms with Crippen molar-refractivity contribution in [2.24, 2.45) is 5.10 Å². The quantitative estimate of drug-likeness (QED) is 0.216. The molecule has 5 aromatic rings. The number of halogens is 2. The van der Waals surface area contributed by atoms with Crippen LogP contribution in [-0.4, -0.2) is 15.9 Å². The predicted molar refractivity (Wildman–Crippen MR) is 145 cm³/mol. The van der Waals surface area contributed by atoms with Crippen molar-refractivity contribution in [1.82, 2.24) is 9.66 Å². The van der Waals surface area contributed by atoms with Crippen LogP contribution in [-0.2, 0) is 6.61 Å². The van der Waals surface area contributed by atoms with E-state index in [1.54, 1.807) is 24.4 Å². The number of ether oxygens (including phenoxy) is 1. The lowest BCUT2D eigenvalue weighted by atomic mass is 10.0. The molecule has 1 heterocycles. The monoisotopic (exact) mass is 543 g/mol. The van der Waals surface area contributed by atoms with Crippen molar-refractivity contribution >= 4 is 43.8 Å². The number of aromatic nitrogens is 2. The summed E-state index contributed by atoms with van der Waals surface area (Å²) in [6.45, 7) is 4.23. The first kappa shape index (κ1) is 23.9. The molecule has 0 bridgehead atoms. The molecule has 0 radical (unpaired) electrons. The largest absolute Gasteiger partial charge is 0.488 e. The standard InChI is InChI=1S/C29H23BrFN3O2/c1-18(2)28-33-26-13-10-21(30)15-24(26)29(35)34(28)32-16-25-23-6-4-3-5-20(23)9-14-27(25)36-17-19-7-11-22(31)12-8-19/h3-16,18H,17H2,1-2H3. The lowest BCUT2D eigenvalue weighted by Crippen LogP contribution is -2.23. The maximum Gasteiger partial charge on any atom is 0.282 e. The molecule has 5 nitrogen and oxygen atoms in total. The van der Waals surface area contributed by atoms with Gasteiger partial charge in [0.25, 0.3) is 5.56 Å². The van der Waals surface area contributed by atoms with E-state index in [0.717, 1.165) is 26.4 Å². The highest BCUT2D eigenvalue weighted by atomic mass is 79.9. The molecule has 0 aliphatic carbocycles. The molecule has 0 saturated heterocycles. The maximum atomic E-state index is 13.4. The second-order valence-electron chi connectivity index (χ2n) is 8.76. The maximum absolute atomic E-state index is 13.4. The van der Waals surface area contributed by atoms with Crippen molar-refractivity contribution in [3.8, 4) is 5.75 Å². The molecule has 180 valence electrons. The fraction of sp³-hybridized carbons (Fsp3) is 0.138. The Hall–Kier alpha value is -3.84. The molecule has 0 atom stereocenters. The molecule has 0 fully saturated rings. The van der Waals surface area contributed by atoms with Gasteiger partial charge in [0.15, 0.2) is 0 Å². The van der Waals surface area contributed by atoms with Crippen molar-refractivity contribution in [2.45, 2.75) is 26.4 Å². The van der Waals surface area contributed by atoms with E-state index in [4.69, 9.17) is 9.72 Å². The fourth-order valence-electron chi connectivity index (χ4n) is 4.04. The van der Waals surface area contributed by atoms with Crippen molar-refractivity contribution in [2.75, 3.05) is 0 Å². The Bertz CT molecular complexity index is 1660. The number of benzene rings is 4. The molecule has 0 saturated carbocycles. The average molecular weight is 544 g/mol. The Morgan fingerprint density at radius 1 is 1.03 bits per heavy atom. The summed E-state index contributed by atoms with van der Waals surface area (Å²) in [5.74, 6) is 0.863. The zero-order valence-corrected chi connectivity index (χ0v) is 21.4. The van der Waals surface area contributed by atoms with Crippen LogP contribution in [0.2, 0.25) is 0 Å². The van der Waals surface area contributed by atoms with Gasteiger partial charge in [0.1, 0.15) is 24.0 Å². The molecule has 4 aromatic carbocycles. The van der Waals surface area contributed by atoms with Gasteiger partial charge in [-0.3, -0.25) is 4.79 Å². The highest BCUT2D eigenvalue weighted by Crippen LogP contribution is 2.28. The van der Waals surface area contributed by atoms with E-state index in [-0.39, 0.29) is 23.9 Å². The van der Waals surface area contributed by atoms with E-state index >= 15 is 0 Å². The lowest BCUT2D eigenvalue weighted by Gasteiger charge is -2.14. The molecule has 0 N–H and O–H groups in total. The summed E-state index contributed by atoms with van der Waals surface area (Å²) in [7, 11) is 0. The summed E-state index contributed by atoms with van der Waals surface area (Å²) in [4.78, 5) is 18.2. The first-order valence-electron chi connectivity index (χ1n) is 11.6. The van der Waals surface area contributed by atoms with Crippen molar-refractivity contribution in [3.05, 3.63) is 116 Å². The van der Waals surface area contributed by atoms with Crippen LogP contribution in [0.3, 0.4) is 0 Å². The molecule has 7 heteroatoms. The van der Waals surface area contributed by atoms with Crippen LogP contribution in [0.1, 0.15) is 36.7 Å². The summed E-state index contributed by atoms with van der Waals surface area (Å²) >= 11 is 3.44. The van der Waals surface area contributed by atoms with E-state index in [0.29, 0.717) is 22.5 Å². The minimum atomic E-state index is -0.292. The average Bonchev–Trinajstić information content (AvgIpc) is 2.88. The van der Waals surface area contributed by atoms with Gasteiger partial charge in [0.2, 0.25) is 0 Å². The normalized spacial score (nSPS) is 11.7. The number of fused-ring (bicyclic) bond motifs is 2. The number of rotatable bonds is 6. The van der Waals surface area contributed by atoms with Crippen LogP contribution in [0.4, 0.5) is 4.39 Å². The summed E-state index contributed by atoms with van der Waals surface area (Å²) < 4.78 is 21.6. The van der Waals surface area contributed by atoms with Gasteiger partial charge in [0.05, 0.1) is 17.1 Å². The van der Waals surface area contributed by atoms with Gasteiger partial charge in [-0.2, -0.15) is 9.78 Å².